The molecule has 0 radical (unpaired) electrons. The van der Waals surface area contributed by atoms with Crippen molar-refractivity contribution in [2.24, 2.45) is 17.2 Å². The molecule has 14 rings (SSSR count). The lowest BCUT2D eigenvalue weighted by Gasteiger charge is -2.38. The van der Waals surface area contributed by atoms with Crippen LogP contribution in [-0.4, -0.2) is 106 Å². The standard InChI is InChI=1S/C27H26N2O3.C22H20ClFN2O2S.C19H22N2O4S2/c1-19-2-4-20(5-3-19)6-8-22-9-11-25(32-22)26(30)29-14-12-27(13-15-29)18-31-24-10-7-21(17-28)16-23(24)27;23-19-15-3-2-14(24)10-18(15)29-20(19)21(27)26-7-5-22(6-8-26)12-28-17-4-1-13(11-25)9-16(17)22;1-27(23,24)17-5-4-16(26-17)18(22)21-8-6-19(7-9-21)12-25-15-3-2-13(11-20)10-14(15)19/h2-5,7,9-11,16H,12-15,17-18,28H2,1H3;1-4,9-10H,5-8,11-12,25H2;2-5,10H,6-9,11-12,20H2,1H3. The van der Waals surface area contributed by atoms with Gasteiger partial charge in [0.25, 0.3) is 17.7 Å². The number of carbonyl (C=O) groups excluding carboxylic acids is 3. The summed E-state index contributed by atoms with van der Waals surface area (Å²) < 4.78 is 61.3. The average molecular weight is 1260 g/mol. The number of aryl methyl sites for hydroxylation is 1. The van der Waals surface area contributed by atoms with E-state index in [0.717, 1.165) is 101 Å². The Balaban J connectivity index is 0.000000129. The van der Waals surface area contributed by atoms with E-state index in [1.807, 2.05) is 82.3 Å². The van der Waals surface area contributed by atoms with E-state index in [-0.39, 0.29) is 44.0 Å². The Kier molecular flexibility index (Phi) is 17.1. The van der Waals surface area contributed by atoms with E-state index < -0.39 is 9.84 Å². The molecule has 20 heteroatoms. The van der Waals surface area contributed by atoms with Crippen molar-refractivity contribution in [3.05, 3.63) is 198 Å². The van der Waals surface area contributed by atoms with Crippen LogP contribution in [0.5, 0.6) is 17.2 Å². The number of sulfone groups is 1. The number of halogens is 2. The van der Waals surface area contributed by atoms with Gasteiger partial charge in [-0.1, -0.05) is 71.6 Å². The third-order valence-corrected chi connectivity index (χ3v) is 22.8. The topological polar surface area (TPSA) is 214 Å². The van der Waals surface area contributed by atoms with Crippen LogP contribution in [0.25, 0.3) is 10.1 Å². The first-order valence-electron chi connectivity index (χ1n) is 29.5. The van der Waals surface area contributed by atoms with Crippen molar-refractivity contribution in [1.82, 2.24) is 14.7 Å². The van der Waals surface area contributed by atoms with Crippen LogP contribution in [0.2, 0.25) is 5.02 Å². The van der Waals surface area contributed by atoms with E-state index in [1.54, 1.807) is 24.3 Å². The summed E-state index contributed by atoms with van der Waals surface area (Å²) in [5, 5.41) is 1.14. The zero-order valence-electron chi connectivity index (χ0n) is 49.0. The monoisotopic (exact) mass is 1260 g/mol. The lowest BCUT2D eigenvalue weighted by atomic mass is 9.74. The molecule has 0 unspecified atom stereocenters. The summed E-state index contributed by atoms with van der Waals surface area (Å²) >= 11 is 8.75. The van der Waals surface area contributed by atoms with Gasteiger partial charge in [0.2, 0.25) is 0 Å². The summed E-state index contributed by atoms with van der Waals surface area (Å²) in [4.78, 5) is 45.4. The van der Waals surface area contributed by atoms with Crippen molar-refractivity contribution in [3.63, 3.8) is 0 Å². The molecule has 8 aromatic rings. The summed E-state index contributed by atoms with van der Waals surface area (Å²) in [5.74, 6) is 9.12. The van der Waals surface area contributed by atoms with E-state index >= 15 is 0 Å². The Labute approximate surface area is 524 Å². The molecule has 6 aliphatic rings. The Morgan fingerprint density at radius 3 is 1.52 bits per heavy atom. The molecule has 9 heterocycles. The molecular weight excluding hydrogens is 1200 g/mol. The molecule has 0 aliphatic carbocycles. The zero-order valence-corrected chi connectivity index (χ0v) is 52.2. The van der Waals surface area contributed by atoms with Crippen LogP contribution < -0.4 is 31.4 Å². The van der Waals surface area contributed by atoms with E-state index in [4.69, 9.17) is 47.4 Å². The number of ether oxygens (including phenoxy) is 3. The molecular formula is C68H68ClFN6O9S3. The van der Waals surface area contributed by atoms with Crippen molar-refractivity contribution < 1.29 is 45.8 Å². The number of rotatable bonds is 7. The molecule has 15 nitrogen and oxygen atoms in total. The molecule has 0 saturated carbocycles. The summed E-state index contributed by atoms with van der Waals surface area (Å²) in [7, 11) is -3.28. The van der Waals surface area contributed by atoms with Gasteiger partial charge in [0.1, 0.15) is 32.2 Å². The highest BCUT2D eigenvalue weighted by Crippen LogP contribution is 2.49. The van der Waals surface area contributed by atoms with E-state index in [1.165, 1.54) is 51.8 Å². The van der Waals surface area contributed by atoms with Crippen molar-refractivity contribution in [2.45, 2.75) is 85.5 Å². The van der Waals surface area contributed by atoms with Gasteiger partial charge < -0.3 is 50.5 Å². The quantitative estimate of drug-likeness (QED) is 0.127. The maximum Gasteiger partial charge on any atom is 0.289 e. The molecule has 3 spiro atoms. The first-order chi connectivity index (χ1) is 42.4. The van der Waals surface area contributed by atoms with E-state index in [2.05, 4.69) is 30.0 Å². The molecule has 3 saturated heterocycles. The minimum Gasteiger partial charge on any atom is -0.492 e. The van der Waals surface area contributed by atoms with Crippen molar-refractivity contribution in [1.29, 1.82) is 0 Å². The Morgan fingerprint density at radius 2 is 1.06 bits per heavy atom. The number of likely N-dealkylation sites (tertiary alicyclic amines) is 3. The molecule has 5 aromatic carbocycles. The van der Waals surface area contributed by atoms with Gasteiger partial charge in [-0.25, -0.2) is 12.8 Å². The molecule has 456 valence electrons. The van der Waals surface area contributed by atoms with Gasteiger partial charge >= 0.3 is 0 Å². The fourth-order valence-electron chi connectivity index (χ4n) is 12.8. The number of hydrogen-bond donors (Lipinski definition) is 3. The summed E-state index contributed by atoms with van der Waals surface area (Å²) in [6.45, 7) is 9.34. The van der Waals surface area contributed by atoms with E-state index in [0.29, 0.717) is 110 Å². The number of hydrogen-bond acceptors (Lipinski definition) is 14. The summed E-state index contributed by atoms with van der Waals surface area (Å²) in [6, 6.07) is 37.5. The summed E-state index contributed by atoms with van der Waals surface area (Å²) in [6.07, 6.45) is 6.19. The molecule has 88 heavy (non-hydrogen) atoms. The van der Waals surface area contributed by atoms with Crippen LogP contribution in [0.15, 0.2) is 130 Å². The highest BCUT2D eigenvalue weighted by Gasteiger charge is 2.47. The Bertz CT molecular complexity index is 4160. The predicted octanol–water partition coefficient (Wildman–Crippen LogP) is 10.9. The molecule has 3 amide bonds. The normalized spacial score (nSPS) is 17.3. The lowest BCUT2D eigenvalue weighted by molar-refractivity contribution is 0.0613. The maximum absolute atomic E-state index is 13.5. The van der Waals surface area contributed by atoms with Crippen LogP contribution in [0.3, 0.4) is 0 Å². The second kappa shape index (κ2) is 24.8. The maximum atomic E-state index is 13.5. The SMILES string of the molecule is CS(=O)(=O)c1ccc(C(=O)N2CCC3(CC2)COc2ccc(CN)cc23)s1.Cc1ccc(C#Cc2ccc(C(=O)N3CCC4(CC3)COc3ccc(CN)cc34)o2)cc1.NCc1ccc2c(c1)C1(CCN(C(=O)c3sc4cc(F)ccc4c3Cl)CC1)CO2. The highest BCUT2D eigenvalue weighted by molar-refractivity contribution is 7.92. The second-order valence-corrected chi connectivity index (χ2v) is 28.5. The Hall–Kier alpha value is -7.54. The predicted molar refractivity (Wildman–Crippen MR) is 340 cm³/mol. The fourth-order valence-corrected chi connectivity index (χ4v) is 16.2. The molecule has 6 aliphatic heterocycles. The third-order valence-electron chi connectivity index (χ3n) is 18.2. The van der Waals surface area contributed by atoms with E-state index in [9.17, 15) is 27.2 Å². The van der Waals surface area contributed by atoms with Crippen molar-refractivity contribution in [3.8, 4) is 29.1 Å². The van der Waals surface area contributed by atoms with Gasteiger partial charge in [-0.2, -0.15) is 0 Å². The lowest BCUT2D eigenvalue weighted by Crippen LogP contribution is -2.46. The van der Waals surface area contributed by atoms with Crippen LogP contribution in [0, 0.1) is 24.6 Å². The van der Waals surface area contributed by atoms with Gasteiger partial charge in [-0.3, -0.25) is 14.4 Å². The minimum atomic E-state index is -3.28. The zero-order chi connectivity index (χ0) is 61.5. The minimum absolute atomic E-state index is 0.0366. The van der Waals surface area contributed by atoms with Gasteiger partial charge in [-0.15, -0.1) is 22.7 Å². The molecule has 3 aromatic heterocycles. The van der Waals surface area contributed by atoms with Gasteiger partial charge in [0.15, 0.2) is 21.4 Å². The largest absolute Gasteiger partial charge is 0.492 e. The van der Waals surface area contributed by atoms with Crippen LogP contribution in [0.4, 0.5) is 4.39 Å². The van der Waals surface area contributed by atoms with Crippen LogP contribution in [0.1, 0.15) is 119 Å². The van der Waals surface area contributed by atoms with Gasteiger partial charge in [0, 0.05) is 114 Å². The number of furan rings is 1. The highest BCUT2D eigenvalue weighted by atomic mass is 35.5. The van der Waals surface area contributed by atoms with Crippen LogP contribution >= 0.6 is 34.3 Å². The number of fused-ring (bicyclic) bond motifs is 7. The number of piperidine rings is 3. The Morgan fingerprint density at radius 1 is 0.580 bits per heavy atom. The summed E-state index contributed by atoms with van der Waals surface area (Å²) in [5.41, 5.74) is 26.3. The molecule has 0 atom stereocenters. The smallest absolute Gasteiger partial charge is 0.289 e. The van der Waals surface area contributed by atoms with Crippen LogP contribution in [-0.2, 0) is 45.7 Å². The number of amides is 3. The van der Waals surface area contributed by atoms with Gasteiger partial charge in [0.05, 0.1) is 29.7 Å². The average Bonchev–Trinajstić information content (AvgIpc) is 2.54. The first-order valence-corrected chi connectivity index (χ1v) is 33.4. The third kappa shape index (κ3) is 12.1. The second-order valence-electron chi connectivity index (χ2n) is 23.7. The van der Waals surface area contributed by atoms with Gasteiger partial charge in [-0.05, 0) is 141 Å². The molecule has 6 N–H and O–H groups in total. The number of benzene rings is 5. The number of carbonyl (C=O) groups is 3. The van der Waals surface area contributed by atoms with Crippen molar-refractivity contribution >= 4 is 71.9 Å². The van der Waals surface area contributed by atoms with Crippen molar-refractivity contribution in [2.75, 3.05) is 65.3 Å². The first kappa shape index (κ1) is 60.7. The number of thiophene rings is 2. The fraction of sp³-hybridized carbons (Fsp3) is 0.338. The number of nitrogens with zero attached hydrogens (tertiary/aromatic N) is 3. The number of nitrogens with two attached hydrogens (primary N) is 3. The molecule has 3 fully saturated rings. The molecule has 0 bridgehead atoms.